The lowest BCUT2D eigenvalue weighted by molar-refractivity contribution is -0.115. The summed E-state index contributed by atoms with van der Waals surface area (Å²) in [6.45, 7) is 0. The smallest absolute Gasteiger partial charge is 0.228 e. The maximum absolute atomic E-state index is 11.9. The molecule has 20 heavy (non-hydrogen) atoms. The van der Waals surface area contributed by atoms with Crippen molar-refractivity contribution >= 4 is 40.5 Å². The van der Waals surface area contributed by atoms with Crippen molar-refractivity contribution in [1.29, 1.82) is 0 Å². The molecule has 4 nitrogen and oxygen atoms in total. The quantitative estimate of drug-likeness (QED) is 0.600. The SMILES string of the molecule is Nc1cccc(CC(=O)Nc2cc(Cl)c(O)c(Cl)c2)c1. The van der Waals surface area contributed by atoms with Crippen LogP contribution in [0.5, 0.6) is 5.75 Å². The molecule has 0 aliphatic rings. The number of phenols is 1. The minimum atomic E-state index is -0.228. The number of benzene rings is 2. The third-order valence-electron chi connectivity index (χ3n) is 2.62. The van der Waals surface area contributed by atoms with Gasteiger partial charge in [0.25, 0.3) is 0 Å². The third-order valence-corrected chi connectivity index (χ3v) is 3.19. The Balaban J connectivity index is 2.09. The number of carbonyl (C=O) groups is 1. The van der Waals surface area contributed by atoms with E-state index >= 15 is 0 Å². The zero-order chi connectivity index (χ0) is 14.7. The summed E-state index contributed by atoms with van der Waals surface area (Å²) in [5.74, 6) is -0.435. The minimum Gasteiger partial charge on any atom is -0.505 e. The van der Waals surface area contributed by atoms with Crippen LogP contribution in [0.3, 0.4) is 0 Å². The molecule has 0 atom stereocenters. The van der Waals surface area contributed by atoms with Gasteiger partial charge in [-0.1, -0.05) is 35.3 Å². The number of nitrogen functional groups attached to an aromatic ring is 1. The van der Waals surface area contributed by atoms with E-state index in [0.717, 1.165) is 5.56 Å². The van der Waals surface area contributed by atoms with Crippen LogP contribution in [0, 0.1) is 0 Å². The maximum Gasteiger partial charge on any atom is 0.228 e. The molecule has 0 fully saturated rings. The molecule has 4 N–H and O–H groups in total. The van der Waals surface area contributed by atoms with Gasteiger partial charge in [-0.3, -0.25) is 4.79 Å². The molecular formula is C14H12Cl2N2O2. The van der Waals surface area contributed by atoms with Crippen molar-refractivity contribution in [2.45, 2.75) is 6.42 Å². The monoisotopic (exact) mass is 310 g/mol. The van der Waals surface area contributed by atoms with Gasteiger partial charge in [0.15, 0.2) is 5.75 Å². The largest absolute Gasteiger partial charge is 0.505 e. The van der Waals surface area contributed by atoms with Crippen LogP contribution in [-0.2, 0) is 11.2 Å². The Morgan fingerprint density at radius 1 is 1.20 bits per heavy atom. The predicted octanol–water partition coefficient (Wildman–Crippen LogP) is 3.46. The molecule has 0 saturated carbocycles. The fraction of sp³-hybridized carbons (Fsp3) is 0.0714. The summed E-state index contributed by atoms with van der Waals surface area (Å²) < 4.78 is 0. The Morgan fingerprint density at radius 2 is 1.85 bits per heavy atom. The molecular weight excluding hydrogens is 299 g/mol. The van der Waals surface area contributed by atoms with Crippen molar-refractivity contribution in [3.8, 4) is 5.75 Å². The maximum atomic E-state index is 11.9. The first-order chi connectivity index (χ1) is 9.45. The summed E-state index contributed by atoms with van der Waals surface area (Å²) in [5, 5.41) is 12.3. The minimum absolute atomic E-state index is 0.0803. The number of halogens is 2. The number of amides is 1. The Morgan fingerprint density at radius 3 is 2.45 bits per heavy atom. The lowest BCUT2D eigenvalue weighted by Crippen LogP contribution is -2.14. The van der Waals surface area contributed by atoms with Gasteiger partial charge in [-0.15, -0.1) is 0 Å². The number of hydrogen-bond donors (Lipinski definition) is 3. The zero-order valence-electron chi connectivity index (χ0n) is 10.4. The molecule has 2 rings (SSSR count). The standard InChI is InChI=1S/C14H12Cl2N2O2/c15-11-6-10(7-12(16)14(11)20)18-13(19)5-8-2-1-3-9(17)4-8/h1-4,6-7,20H,5,17H2,(H,18,19). The summed E-state index contributed by atoms with van der Waals surface area (Å²) in [4.78, 5) is 11.9. The molecule has 2 aromatic carbocycles. The second-order valence-corrected chi connectivity index (χ2v) is 5.07. The Labute approximate surface area is 126 Å². The highest BCUT2D eigenvalue weighted by Crippen LogP contribution is 2.34. The summed E-state index contributed by atoms with van der Waals surface area (Å²) >= 11 is 11.6. The summed E-state index contributed by atoms with van der Waals surface area (Å²) in [6, 6.07) is 9.94. The fourth-order valence-corrected chi connectivity index (χ4v) is 2.22. The fourth-order valence-electron chi connectivity index (χ4n) is 1.73. The highest BCUT2D eigenvalue weighted by Gasteiger charge is 2.09. The van der Waals surface area contributed by atoms with Crippen molar-refractivity contribution in [2.24, 2.45) is 0 Å². The Hall–Kier alpha value is -1.91. The van der Waals surface area contributed by atoms with Gasteiger partial charge < -0.3 is 16.2 Å². The van der Waals surface area contributed by atoms with Crippen molar-refractivity contribution in [1.82, 2.24) is 0 Å². The molecule has 0 aliphatic carbocycles. The van der Waals surface area contributed by atoms with Crippen molar-refractivity contribution in [3.63, 3.8) is 0 Å². The van der Waals surface area contributed by atoms with Gasteiger partial charge in [-0.05, 0) is 29.8 Å². The van der Waals surface area contributed by atoms with Crippen LogP contribution in [0.1, 0.15) is 5.56 Å². The molecule has 0 unspecified atom stereocenters. The first kappa shape index (κ1) is 14.5. The summed E-state index contributed by atoms with van der Waals surface area (Å²) in [7, 11) is 0. The van der Waals surface area contributed by atoms with E-state index in [9.17, 15) is 9.90 Å². The molecule has 0 spiro atoms. The van der Waals surface area contributed by atoms with E-state index in [-0.39, 0.29) is 28.1 Å². The predicted molar refractivity (Wildman–Crippen MR) is 81.3 cm³/mol. The van der Waals surface area contributed by atoms with Crippen molar-refractivity contribution in [2.75, 3.05) is 11.1 Å². The topological polar surface area (TPSA) is 75.4 Å². The van der Waals surface area contributed by atoms with E-state index in [4.69, 9.17) is 28.9 Å². The molecule has 0 aliphatic heterocycles. The van der Waals surface area contributed by atoms with Crippen LogP contribution in [0.15, 0.2) is 36.4 Å². The van der Waals surface area contributed by atoms with Gasteiger partial charge in [0.2, 0.25) is 5.91 Å². The van der Waals surface area contributed by atoms with Crippen LogP contribution in [0.4, 0.5) is 11.4 Å². The van der Waals surface area contributed by atoms with E-state index in [2.05, 4.69) is 5.32 Å². The summed E-state index contributed by atoms with van der Waals surface area (Å²) in [6.07, 6.45) is 0.182. The lowest BCUT2D eigenvalue weighted by atomic mass is 10.1. The first-order valence-electron chi connectivity index (χ1n) is 5.78. The first-order valence-corrected chi connectivity index (χ1v) is 6.53. The van der Waals surface area contributed by atoms with Gasteiger partial charge in [-0.25, -0.2) is 0 Å². The second-order valence-electron chi connectivity index (χ2n) is 4.26. The van der Waals surface area contributed by atoms with Gasteiger partial charge in [0.1, 0.15) is 0 Å². The van der Waals surface area contributed by atoms with Gasteiger partial charge in [-0.2, -0.15) is 0 Å². The van der Waals surface area contributed by atoms with Crippen molar-refractivity contribution in [3.05, 3.63) is 52.0 Å². The molecule has 0 saturated heterocycles. The lowest BCUT2D eigenvalue weighted by Gasteiger charge is -2.08. The molecule has 1 amide bonds. The zero-order valence-corrected chi connectivity index (χ0v) is 11.9. The molecule has 0 radical (unpaired) electrons. The summed E-state index contributed by atoms with van der Waals surface area (Å²) in [5.41, 5.74) is 7.48. The Bertz CT molecular complexity index is 636. The van der Waals surface area contributed by atoms with Crippen LogP contribution < -0.4 is 11.1 Å². The van der Waals surface area contributed by atoms with E-state index in [1.807, 2.05) is 6.07 Å². The normalized spacial score (nSPS) is 10.3. The van der Waals surface area contributed by atoms with E-state index in [0.29, 0.717) is 11.4 Å². The average Bonchev–Trinajstić information content (AvgIpc) is 2.35. The highest BCUT2D eigenvalue weighted by atomic mass is 35.5. The second kappa shape index (κ2) is 6.03. The van der Waals surface area contributed by atoms with Gasteiger partial charge in [0.05, 0.1) is 16.5 Å². The van der Waals surface area contributed by atoms with Crippen LogP contribution in [-0.4, -0.2) is 11.0 Å². The third kappa shape index (κ3) is 3.56. The van der Waals surface area contributed by atoms with E-state index in [1.165, 1.54) is 12.1 Å². The van der Waals surface area contributed by atoms with Crippen LogP contribution >= 0.6 is 23.2 Å². The number of anilines is 2. The van der Waals surface area contributed by atoms with Gasteiger partial charge in [0, 0.05) is 11.4 Å². The Kier molecular flexibility index (Phi) is 4.37. The molecule has 0 heterocycles. The number of nitrogens with one attached hydrogen (secondary N) is 1. The molecule has 2 aromatic rings. The van der Waals surface area contributed by atoms with E-state index < -0.39 is 0 Å². The van der Waals surface area contributed by atoms with Crippen molar-refractivity contribution < 1.29 is 9.90 Å². The number of rotatable bonds is 3. The number of hydrogen-bond acceptors (Lipinski definition) is 3. The van der Waals surface area contributed by atoms with E-state index in [1.54, 1.807) is 18.2 Å². The molecule has 6 heteroatoms. The average molecular weight is 311 g/mol. The van der Waals surface area contributed by atoms with Gasteiger partial charge >= 0.3 is 0 Å². The highest BCUT2D eigenvalue weighted by molar-refractivity contribution is 6.37. The number of phenolic OH excluding ortho intramolecular Hbond substituents is 1. The van der Waals surface area contributed by atoms with Crippen LogP contribution in [0.2, 0.25) is 10.0 Å². The molecule has 0 aromatic heterocycles. The van der Waals surface area contributed by atoms with Crippen LogP contribution in [0.25, 0.3) is 0 Å². The number of nitrogens with two attached hydrogens (primary N) is 1. The number of aromatic hydroxyl groups is 1. The molecule has 0 bridgehead atoms. The number of carbonyl (C=O) groups excluding carboxylic acids is 1. The molecule has 104 valence electrons.